The molecule has 1 N–H and O–H groups in total. The lowest BCUT2D eigenvalue weighted by molar-refractivity contribution is -0.122. The topological polar surface area (TPSA) is 49.4 Å². The highest BCUT2D eigenvalue weighted by Crippen LogP contribution is 2.31. The van der Waals surface area contributed by atoms with E-state index in [1.54, 1.807) is 6.08 Å². The van der Waals surface area contributed by atoms with Crippen LogP contribution in [0.1, 0.15) is 5.56 Å². The van der Waals surface area contributed by atoms with Crippen molar-refractivity contribution < 1.29 is 14.0 Å². The predicted molar refractivity (Wildman–Crippen MR) is 124 cm³/mol. The molecule has 0 spiro atoms. The van der Waals surface area contributed by atoms with E-state index in [1.807, 2.05) is 48.5 Å². The van der Waals surface area contributed by atoms with Gasteiger partial charge in [-0.1, -0.05) is 48.5 Å². The zero-order chi connectivity index (χ0) is 21.5. The second-order valence-corrected chi connectivity index (χ2v) is 7.55. The van der Waals surface area contributed by atoms with Crippen LogP contribution in [0.2, 0.25) is 0 Å². The number of rotatable bonds is 2. The maximum atomic E-state index is 13.4. The molecule has 4 nitrogen and oxygen atoms in total. The van der Waals surface area contributed by atoms with Crippen molar-refractivity contribution in [1.29, 1.82) is 0 Å². The minimum Gasteiger partial charge on any atom is -0.298 e. The van der Waals surface area contributed by atoms with Crippen LogP contribution in [0.15, 0.2) is 84.4 Å². The summed E-state index contributed by atoms with van der Waals surface area (Å²) >= 11 is 5.22. The van der Waals surface area contributed by atoms with Crippen molar-refractivity contribution in [2.24, 2.45) is 0 Å². The molecule has 0 aliphatic carbocycles. The first-order valence-corrected chi connectivity index (χ1v) is 10.0. The van der Waals surface area contributed by atoms with Gasteiger partial charge in [0.2, 0.25) is 0 Å². The number of carbonyl (C=O) groups is 2. The second-order valence-electron chi connectivity index (χ2n) is 7.17. The molecule has 0 aromatic heterocycles. The average molecular weight is 426 g/mol. The smallest absolute Gasteiger partial charge is 0.270 e. The molecular formula is C25H15FN2O2S. The molecule has 5 rings (SSSR count). The van der Waals surface area contributed by atoms with Crippen molar-refractivity contribution in [1.82, 2.24) is 5.32 Å². The number of hydrogen-bond acceptors (Lipinski definition) is 3. The molecule has 150 valence electrons. The molecule has 4 aromatic carbocycles. The van der Waals surface area contributed by atoms with E-state index in [2.05, 4.69) is 11.4 Å². The van der Waals surface area contributed by atoms with E-state index < -0.39 is 17.6 Å². The first-order chi connectivity index (χ1) is 15.0. The molecule has 4 aromatic rings. The van der Waals surface area contributed by atoms with Gasteiger partial charge in [0.05, 0.1) is 5.69 Å². The summed E-state index contributed by atoms with van der Waals surface area (Å²) in [7, 11) is 0. The third-order valence-corrected chi connectivity index (χ3v) is 5.57. The number of nitrogens with one attached hydrogen (secondary N) is 1. The van der Waals surface area contributed by atoms with Gasteiger partial charge in [0.15, 0.2) is 5.11 Å². The largest absolute Gasteiger partial charge is 0.298 e. The third kappa shape index (κ3) is 3.27. The fourth-order valence-corrected chi connectivity index (χ4v) is 4.11. The summed E-state index contributed by atoms with van der Waals surface area (Å²) in [6.07, 6.45) is 1.61. The number of carbonyl (C=O) groups excluding carboxylic acids is 2. The van der Waals surface area contributed by atoms with Gasteiger partial charge in [0, 0.05) is 0 Å². The lowest BCUT2D eigenvalue weighted by atomic mass is 9.94. The van der Waals surface area contributed by atoms with Crippen LogP contribution in [-0.2, 0) is 9.59 Å². The Hall–Kier alpha value is -3.90. The maximum Gasteiger partial charge on any atom is 0.270 e. The molecular weight excluding hydrogens is 411 g/mol. The van der Waals surface area contributed by atoms with E-state index in [0.717, 1.165) is 27.1 Å². The van der Waals surface area contributed by atoms with Gasteiger partial charge in [-0.3, -0.25) is 19.8 Å². The Kier molecular flexibility index (Phi) is 4.56. The highest BCUT2D eigenvalue weighted by Gasteiger charge is 2.34. The lowest BCUT2D eigenvalue weighted by Crippen LogP contribution is -2.54. The summed E-state index contributed by atoms with van der Waals surface area (Å²) in [6, 6.07) is 23.1. The fourth-order valence-electron chi connectivity index (χ4n) is 3.83. The second kappa shape index (κ2) is 7.41. The number of nitrogens with zero attached hydrogens (tertiary/aromatic N) is 1. The summed E-state index contributed by atoms with van der Waals surface area (Å²) in [5.74, 6) is -1.55. The number of fused-ring (bicyclic) bond motifs is 2. The molecule has 1 aliphatic rings. The van der Waals surface area contributed by atoms with Crippen molar-refractivity contribution in [3.63, 3.8) is 0 Å². The Balaban J connectivity index is 1.71. The van der Waals surface area contributed by atoms with Crippen molar-refractivity contribution in [2.75, 3.05) is 4.90 Å². The Labute approximate surface area is 182 Å². The molecule has 1 saturated heterocycles. The van der Waals surface area contributed by atoms with E-state index in [1.165, 1.54) is 29.2 Å². The normalized spacial score (nSPS) is 15.7. The Morgan fingerprint density at radius 3 is 2.03 bits per heavy atom. The zero-order valence-electron chi connectivity index (χ0n) is 16.1. The number of thiocarbonyl (C=S) groups is 1. The molecule has 0 saturated carbocycles. The van der Waals surface area contributed by atoms with E-state index in [0.29, 0.717) is 5.69 Å². The summed E-state index contributed by atoms with van der Waals surface area (Å²) in [6.45, 7) is 0. The van der Waals surface area contributed by atoms with Gasteiger partial charge in [-0.25, -0.2) is 4.39 Å². The van der Waals surface area contributed by atoms with Gasteiger partial charge < -0.3 is 0 Å². The van der Waals surface area contributed by atoms with E-state index in [9.17, 15) is 14.0 Å². The average Bonchev–Trinajstić information content (AvgIpc) is 2.77. The first-order valence-electron chi connectivity index (χ1n) is 9.60. The Morgan fingerprint density at radius 1 is 0.839 bits per heavy atom. The molecule has 0 atom stereocenters. The highest BCUT2D eigenvalue weighted by molar-refractivity contribution is 7.80. The summed E-state index contributed by atoms with van der Waals surface area (Å²) < 4.78 is 13.4. The predicted octanol–water partition coefficient (Wildman–Crippen LogP) is 4.96. The van der Waals surface area contributed by atoms with E-state index >= 15 is 0 Å². The fraction of sp³-hybridized carbons (Fsp3) is 0. The number of halogens is 1. The quantitative estimate of drug-likeness (QED) is 0.213. The molecule has 1 fully saturated rings. The van der Waals surface area contributed by atoms with Crippen molar-refractivity contribution in [3.8, 4) is 0 Å². The SMILES string of the molecule is O=C1NC(=S)N(c2ccc(F)cc2)C(=O)/C1=C\c1c2ccccc2cc2ccccc12. The minimum absolute atomic E-state index is 0.0402. The van der Waals surface area contributed by atoms with Gasteiger partial charge >= 0.3 is 0 Å². The van der Waals surface area contributed by atoms with Crippen LogP contribution in [0, 0.1) is 5.82 Å². The van der Waals surface area contributed by atoms with Gasteiger partial charge in [-0.05, 0) is 75.7 Å². The maximum absolute atomic E-state index is 13.4. The van der Waals surface area contributed by atoms with Gasteiger partial charge in [0.1, 0.15) is 11.4 Å². The first kappa shape index (κ1) is 19.1. The molecule has 0 unspecified atom stereocenters. The van der Waals surface area contributed by atoms with Crippen molar-refractivity contribution in [3.05, 3.63) is 95.8 Å². The third-order valence-electron chi connectivity index (χ3n) is 5.29. The molecule has 1 aliphatic heterocycles. The zero-order valence-corrected chi connectivity index (χ0v) is 16.9. The van der Waals surface area contributed by atoms with Crippen LogP contribution in [0.5, 0.6) is 0 Å². The van der Waals surface area contributed by atoms with Crippen LogP contribution in [-0.4, -0.2) is 16.9 Å². The van der Waals surface area contributed by atoms with Crippen LogP contribution >= 0.6 is 12.2 Å². The van der Waals surface area contributed by atoms with E-state index in [-0.39, 0.29) is 10.7 Å². The van der Waals surface area contributed by atoms with Crippen LogP contribution in [0.4, 0.5) is 10.1 Å². The summed E-state index contributed by atoms with van der Waals surface area (Å²) in [5, 5.41) is 6.39. The van der Waals surface area contributed by atoms with Crippen molar-refractivity contribution >= 4 is 62.5 Å². The summed E-state index contributed by atoms with van der Waals surface area (Å²) in [4.78, 5) is 27.3. The number of hydrogen-bond donors (Lipinski definition) is 1. The monoisotopic (exact) mass is 426 g/mol. The highest BCUT2D eigenvalue weighted by atomic mass is 32.1. The molecule has 6 heteroatoms. The van der Waals surface area contributed by atoms with Gasteiger partial charge in [0.25, 0.3) is 11.8 Å². The Morgan fingerprint density at radius 2 is 1.42 bits per heavy atom. The van der Waals surface area contributed by atoms with Crippen LogP contribution in [0.25, 0.3) is 27.6 Å². The molecule has 0 bridgehead atoms. The Bertz CT molecular complexity index is 1370. The lowest BCUT2D eigenvalue weighted by Gasteiger charge is -2.29. The van der Waals surface area contributed by atoms with Gasteiger partial charge in [-0.15, -0.1) is 0 Å². The van der Waals surface area contributed by atoms with Gasteiger partial charge in [-0.2, -0.15) is 0 Å². The molecule has 1 heterocycles. The summed E-state index contributed by atoms with van der Waals surface area (Å²) in [5.41, 5.74) is 1.11. The molecule has 31 heavy (non-hydrogen) atoms. The molecule has 0 radical (unpaired) electrons. The molecule has 2 amide bonds. The van der Waals surface area contributed by atoms with Crippen molar-refractivity contribution in [2.45, 2.75) is 0 Å². The number of benzene rings is 4. The van der Waals surface area contributed by atoms with Crippen LogP contribution in [0.3, 0.4) is 0 Å². The van der Waals surface area contributed by atoms with E-state index in [4.69, 9.17) is 12.2 Å². The van der Waals surface area contributed by atoms with Crippen LogP contribution < -0.4 is 10.2 Å². The number of amides is 2. The standard InChI is InChI=1S/C25H15FN2O2S/c26-17-9-11-18(12-10-17)28-24(30)22(23(29)27-25(28)31)14-21-19-7-3-1-5-15(19)13-16-6-2-4-8-20(16)21/h1-14H,(H,27,29,31)/b22-14-. The minimum atomic E-state index is -0.564. The number of anilines is 1.